The smallest absolute Gasteiger partial charge is 0.652 e. The van der Waals surface area contributed by atoms with Gasteiger partial charge in [0.25, 0.3) is 0 Å². The van der Waals surface area contributed by atoms with Gasteiger partial charge in [-0.25, -0.2) is 4.79 Å². The molecule has 0 bridgehead atoms. The number of carbonyl (C=O) groups excluding carboxylic acids is 1. The van der Waals surface area contributed by atoms with Crippen molar-refractivity contribution in [1.82, 2.24) is 0 Å². The van der Waals surface area contributed by atoms with Crippen molar-refractivity contribution in [1.29, 1.82) is 0 Å². The summed E-state index contributed by atoms with van der Waals surface area (Å²) in [5.74, 6) is 0.565. The monoisotopic (exact) mass is 330 g/mol. The number of hydrogen-bond acceptors (Lipinski definition) is 5. The third-order valence-electron chi connectivity index (χ3n) is 2.28. The van der Waals surface area contributed by atoms with Gasteiger partial charge in [-0.3, -0.25) is 0 Å². The van der Waals surface area contributed by atoms with E-state index >= 15 is 0 Å². The van der Waals surface area contributed by atoms with Gasteiger partial charge in [-0.1, -0.05) is 0 Å². The molecule has 1 aliphatic rings. The van der Waals surface area contributed by atoms with Crippen molar-refractivity contribution in [3.8, 4) is 5.75 Å². The fourth-order valence-electron chi connectivity index (χ4n) is 1.19. The number of carbonyl (C=O) groups is 2. The van der Waals surface area contributed by atoms with Crippen LogP contribution in [-0.4, -0.2) is 23.8 Å². The number of carboxylic acids is 1. The number of rotatable bonds is 4. The molecule has 20 heavy (non-hydrogen) atoms. The average molecular weight is 330 g/mol. The third-order valence-corrected chi connectivity index (χ3v) is 2.28. The van der Waals surface area contributed by atoms with Crippen LogP contribution in [0.2, 0.25) is 0 Å². The van der Waals surface area contributed by atoms with Crippen LogP contribution in [0.1, 0.15) is 23.2 Å². The van der Waals surface area contributed by atoms with Crippen LogP contribution in [0.15, 0.2) is 24.3 Å². The molecule has 0 saturated heterocycles. The summed E-state index contributed by atoms with van der Waals surface area (Å²) < 4.78 is 5.47. The molecule has 1 aromatic carbocycles. The second-order valence-electron chi connectivity index (χ2n) is 3.83. The molecule has 0 heterocycles. The average Bonchev–Trinajstić information content (AvgIpc) is 3.10. The van der Waals surface area contributed by atoms with E-state index in [-0.39, 0.29) is 103 Å². The molecule has 0 aromatic heterocycles. The number of ether oxygens (including phenoxy) is 1. The van der Waals surface area contributed by atoms with Gasteiger partial charge in [0.15, 0.2) is 0 Å². The van der Waals surface area contributed by atoms with E-state index in [1.165, 1.54) is 12.8 Å². The summed E-state index contributed by atoms with van der Waals surface area (Å²) in [5, 5.41) is 25.3. The molecule has 2 rings (SSSR count). The van der Waals surface area contributed by atoms with Crippen molar-refractivity contribution in [2.45, 2.75) is 12.8 Å². The van der Waals surface area contributed by atoms with Gasteiger partial charge in [0.05, 0.1) is 12.2 Å². The molecule has 0 amide bonds. The fraction of sp³-hybridized carbons (Fsp3) is 0.333. The summed E-state index contributed by atoms with van der Waals surface area (Å²) >= 11 is 0. The molecule has 8 heteroatoms. The van der Waals surface area contributed by atoms with E-state index in [1.807, 2.05) is 0 Å². The first kappa shape index (κ1) is 23.3. The van der Waals surface area contributed by atoms with Gasteiger partial charge in [-0.2, -0.15) is 0 Å². The Morgan fingerprint density at radius 2 is 1.60 bits per heavy atom. The Morgan fingerprint density at radius 3 is 1.95 bits per heavy atom. The van der Waals surface area contributed by atoms with E-state index in [0.29, 0.717) is 11.5 Å². The Balaban J connectivity index is 0. The van der Waals surface area contributed by atoms with Gasteiger partial charge in [-0.15, -0.1) is 0 Å². The van der Waals surface area contributed by atoms with Gasteiger partial charge >= 0.3 is 109 Å². The summed E-state index contributed by atoms with van der Waals surface area (Å²) in [6, 6.07) is 6.52. The fourth-order valence-corrected chi connectivity index (χ4v) is 1.19. The summed E-state index contributed by atoms with van der Waals surface area (Å²) in [5.41, 5.74) is 0.295. The number of aromatic carboxylic acids is 1. The number of carboxylic acid groups (broad SMARTS) is 3. The van der Waals surface area contributed by atoms with Crippen molar-refractivity contribution in [2.24, 2.45) is 5.92 Å². The topological polar surface area (TPSA) is 110 Å². The zero-order valence-corrected chi connectivity index (χ0v) is 17.7. The van der Waals surface area contributed by atoms with E-state index < -0.39 is 12.1 Å². The zero-order chi connectivity index (χ0) is 13.5. The molecular formula is C12H12K2O6. The minimum absolute atomic E-state index is 0. The first-order chi connectivity index (χ1) is 8.49. The third kappa shape index (κ3) is 11.7. The Labute approximate surface area is 201 Å². The van der Waals surface area contributed by atoms with Gasteiger partial charge in [0, 0.05) is 0 Å². The van der Waals surface area contributed by atoms with Crippen LogP contribution in [0.3, 0.4) is 0 Å². The van der Waals surface area contributed by atoms with Crippen molar-refractivity contribution in [2.75, 3.05) is 6.61 Å². The first-order valence-corrected chi connectivity index (χ1v) is 5.33. The van der Waals surface area contributed by atoms with E-state index in [1.54, 1.807) is 24.3 Å². The van der Waals surface area contributed by atoms with E-state index in [9.17, 15) is 4.79 Å². The van der Waals surface area contributed by atoms with E-state index in [0.717, 1.165) is 12.4 Å². The standard InChI is InChI=1S/C11H12O3.CH2O3.2K/c12-11(13)9-3-5-10(6-4-9)14-7-8-1-2-8;2-1(3)4;;/h3-6,8H,1-2,7H2,(H,12,13);(H2,2,3,4);;/q;;2*+1/p-2. The van der Waals surface area contributed by atoms with Gasteiger partial charge in [0.1, 0.15) is 5.75 Å². The molecule has 6 nitrogen and oxygen atoms in total. The van der Waals surface area contributed by atoms with E-state index in [4.69, 9.17) is 24.9 Å². The summed E-state index contributed by atoms with van der Waals surface area (Å²) in [6.07, 6.45) is 0.181. The van der Waals surface area contributed by atoms with Crippen molar-refractivity contribution >= 4 is 12.1 Å². The predicted octanol–water partition coefficient (Wildman–Crippen LogP) is -6.27. The second-order valence-corrected chi connectivity index (χ2v) is 3.83. The maximum absolute atomic E-state index is 10.5. The van der Waals surface area contributed by atoms with Gasteiger partial charge in [0.2, 0.25) is 0 Å². The van der Waals surface area contributed by atoms with Crippen LogP contribution >= 0.6 is 0 Å². The van der Waals surface area contributed by atoms with Crippen LogP contribution in [0.4, 0.5) is 4.79 Å². The Hall–Kier alpha value is 1.03. The minimum Gasteiger partial charge on any atom is -0.652 e. The van der Waals surface area contributed by atoms with Gasteiger partial charge < -0.3 is 24.9 Å². The first-order valence-electron chi connectivity index (χ1n) is 5.33. The SMILES string of the molecule is O=C(O)c1ccc(OCC2CC2)cc1.O=C([O-])[O-].[K+].[K+]. The van der Waals surface area contributed by atoms with E-state index in [2.05, 4.69) is 0 Å². The van der Waals surface area contributed by atoms with Crippen LogP contribution in [0.5, 0.6) is 5.75 Å². The quantitative estimate of drug-likeness (QED) is 0.550. The Kier molecular flexibility index (Phi) is 14.6. The minimum atomic E-state index is -2.33. The molecule has 0 spiro atoms. The molecule has 0 atom stereocenters. The molecule has 1 aromatic rings. The maximum Gasteiger partial charge on any atom is 1.00 e. The molecule has 1 saturated carbocycles. The molecule has 0 unspecified atom stereocenters. The van der Waals surface area contributed by atoms with Crippen molar-refractivity contribution in [3.63, 3.8) is 0 Å². The predicted molar refractivity (Wildman–Crippen MR) is 57.0 cm³/mol. The molecular weight excluding hydrogens is 318 g/mol. The second kappa shape index (κ2) is 12.6. The van der Waals surface area contributed by atoms with Crippen molar-refractivity contribution in [3.05, 3.63) is 29.8 Å². The normalized spacial score (nSPS) is 11.8. The Bertz CT molecular complexity index is 412. The summed E-state index contributed by atoms with van der Waals surface area (Å²) in [7, 11) is 0. The molecule has 1 fully saturated rings. The number of hydrogen-bond donors (Lipinski definition) is 1. The molecule has 0 aliphatic heterocycles. The molecule has 0 radical (unpaired) electrons. The molecule has 98 valence electrons. The van der Waals surface area contributed by atoms with Crippen molar-refractivity contribution < 1.29 is 132 Å². The van der Waals surface area contributed by atoms with Gasteiger partial charge in [-0.05, 0) is 49.2 Å². The van der Waals surface area contributed by atoms with Crippen LogP contribution in [0.25, 0.3) is 0 Å². The molecule has 1 N–H and O–H groups in total. The zero-order valence-electron chi connectivity index (χ0n) is 11.5. The largest absolute Gasteiger partial charge is 1.00 e. The summed E-state index contributed by atoms with van der Waals surface area (Å²) in [6.45, 7) is 0.756. The summed E-state index contributed by atoms with van der Waals surface area (Å²) in [4.78, 5) is 18.9. The number of benzene rings is 1. The van der Waals surface area contributed by atoms with Crippen LogP contribution < -0.4 is 118 Å². The van der Waals surface area contributed by atoms with Crippen LogP contribution in [0, 0.1) is 5.92 Å². The van der Waals surface area contributed by atoms with Crippen LogP contribution in [-0.2, 0) is 0 Å². The molecule has 1 aliphatic carbocycles. The maximum atomic E-state index is 10.5. The Morgan fingerprint density at radius 1 is 1.15 bits per heavy atom.